The Morgan fingerprint density at radius 2 is 1.83 bits per heavy atom. The number of esters is 1. The molecule has 3 atom stereocenters. The van der Waals surface area contributed by atoms with Gasteiger partial charge in [-0.1, -0.05) is 42.5 Å². The van der Waals surface area contributed by atoms with E-state index in [1.807, 2.05) is 30.3 Å². The number of aliphatic hydroxyl groups excluding tert-OH is 1. The summed E-state index contributed by atoms with van der Waals surface area (Å²) in [5, 5.41) is 14.6. The van der Waals surface area contributed by atoms with Gasteiger partial charge in [-0.05, 0) is 25.3 Å². The number of aliphatic hydroxyl groups is 1. The zero-order valence-corrected chi connectivity index (χ0v) is 17.5. The molecule has 0 saturated carbocycles. The van der Waals surface area contributed by atoms with Crippen molar-refractivity contribution in [1.82, 2.24) is 10.6 Å². The van der Waals surface area contributed by atoms with Gasteiger partial charge in [0.25, 0.3) is 0 Å². The molecule has 7 nitrogen and oxygen atoms in total. The van der Waals surface area contributed by atoms with Crippen LogP contribution in [0.2, 0.25) is 0 Å². The summed E-state index contributed by atoms with van der Waals surface area (Å²) in [7, 11) is 0. The third-order valence-electron chi connectivity index (χ3n) is 4.42. The monoisotopic (exact) mass is 416 g/mol. The van der Waals surface area contributed by atoms with Crippen LogP contribution in [0, 0.1) is 5.92 Å². The highest BCUT2D eigenvalue weighted by Crippen LogP contribution is 2.17. The minimum atomic E-state index is -0.629. The highest BCUT2D eigenvalue weighted by molar-refractivity contribution is 5.86. The molecule has 0 spiro atoms. The Morgan fingerprint density at radius 3 is 2.43 bits per heavy atom. The van der Waals surface area contributed by atoms with Gasteiger partial charge in [-0.25, -0.2) is 0 Å². The predicted octanol–water partition coefficient (Wildman–Crippen LogP) is 2.43. The van der Waals surface area contributed by atoms with Crippen LogP contribution in [0.4, 0.5) is 0 Å². The molecule has 1 aromatic carbocycles. The number of benzene rings is 1. The van der Waals surface area contributed by atoms with Crippen molar-refractivity contribution in [3.8, 4) is 0 Å². The lowest BCUT2D eigenvalue weighted by molar-refractivity contribution is -0.145. The van der Waals surface area contributed by atoms with Gasteiger partial charge < -0.3 is 20.5 Å². The third-order valence-corrected chi connectivity index (χ3v) is 4.42. The lowest BCUT2D eigenvalue weighted by Crippen LogP contribution is -2.40. The molecule has 0 fully saturated rings. The number of carbonyl (C=O) groups excluding carboxylic acids is 3. The fraction of sp³-hybridized carbons (Fsp3) is 0.435. The van der Waals surface area contributed by atoms with E-state index in [1.54, 1.807) is 19.1 Å². The first-order valence-electron chi connectivity index (χ1n) is 10.0. The molecule has 0 aliphatic rings. The number of nitrogens with one attached hydrogen (secondary N) is 2. The molecule has 0 aromatic heterocycles. The first-order chi connectivity index (χ1) is 14.4. The van der Waals surface area contributed by atoms with Gasteiger partial charge in [-0.3, -0.25) is 14.4 Å². The van der Waals surface area contributed by atoms with E-state index in [1.165, 1.54) is 0 Å². The van der Waals surface area contributed by atoms with Crippen molar-refractivity contribution < 1.29 is 24.2 Å². The van der Waals surface area contributed by atoms with Crippen molar-refractivity contribution in [2.45, 2.75) is 44.7 Å². The molecule has 0 aliphatic carbocycles. The lowest BCUT2D eigenvalue weighted by atomic mass is 9.98. The summed E-state index contributed by atoms with van der Waals surface area (Å²) in [5.41, 5.74) is 0.790. The fourth-order valence-corrected chi connectivity index (χ4v) is 2.75. The van der Waals surface area contributed by atoms with Crippen LogP contribution in [-0.4, -0.2) is 42.1 Å². The quantitative estimate of drug-likeness (QED) is 0.319. The second-order valence-electron chi connectivity index (χ2n) is 7.06. The van der Waals surface area contributed by atoms with Gasteiger partial charge in [0.2, 0.25) is 11.8 Å². The number of hydrogen-bond acceptors (Lipinski definition) is 5. The molecule has 1 rings (SSSR count). The van der Waals surface area contributed by atoms with Gasteiger partial charge in [0.1, 0.15) is 6.61 Å². The smallest absolute Gasteiger partial charge is 0.306 e. The van der Waals surface area contributed by atoms with Crippen molar-refractivity contribution in [3.05, 3.63) is 61.2 Å². The van der Waals surface area contributed by atoms with Crippen molar-refractivity contribution in [2.75, 3.05) is 13.2 Å². The summed E-state index contributed by atoms with van der Waals surface area (Å²) in [6, 6.07) is 8.25. The van der Waals surface area contributed by atoms with Crippen molar-refractivity contribution >= 4 is 17.8 Å². The number of rotatable bonds is 14. The molecular formula is C23H32N2O5. The van der Waals surface area contributed by atoms with Crippen LogP contribution < -0.4 is 10.6 Å². The summed E-state index contributed by atoms with van der Waals surface area (Å²) in [4.78, 5) is 36.9. The maximum atomic E-state index is 12.9. The average Bonchev–Trinajstić information content (AvgIpc) is 2.75. The number of allylic oxidation sites excluding steroid dienone is 2. The molecular weight excluding hydrogens is 384 g/mol. The molecule has 30 heavy (non-hydrogen) atoms. The Labute approximate surface area is 178 Å². The second-order valence-corrected chi connectivity index (χ2v) is 7.06. The SMILES string of the molecule is C=CCCC(=O)OC[C@@H](NC(=O)[C@H](CC=C)CC(=O)N[C@H](C)CO)c1ccccc1. The summed E-state index contributed by atoms with van der Waals surface area (Å²) in [6.07, 6.45) is 4.24. The summed E-state index contributed by atoms with van der Waals surface area (Å²) in [6.45, 7) is 8.72. The minimum Gasteiger partial charge on any atom is -0.463 e. The Bertz CT molecular complexity index is 705. The number of ether oxygens (including phenoxy) is 1. The van der Waals surface area contributed by atoms with Gasteiger partial charge in [-0.15, -0.1) is 13.2 Å². The average molecular weight is 417 g/mol. The second kappa shape index (κ2) is 14.1. The molecule has 0 aliphatic heterocycles. The molecule has 1 aromatic rings. The molecule has 3 N–H and O–H groups in total. The number of hydrogen-bond donors (Lipinski definition) is 3. The van der Waals surface area contributed by atoms with E-state index in [0.717, 1.165) is 5.56 Å². The highest BCUT2D eigenvalue weighted by atomic mass is 16.5. The lowest BCUT2D eigenvalue weighted by Gasteiger charge is -2.23. The van der Waals surface area contributed by atoms with Crippen LogP contribution in [0.1, 0.15) is 44.2 Å². The van der Waals surface area contributed by atoms with E-state index in [9.17, 15) is 14.4 Å². The molecule has 0 saturated heterocycles. The maximum absolute atomic E-state index is 12.9. The maximum Gasteiger partial charge on any atom is 0.306 e. The normalized spacial score (nSPS) is 13.4. The first-order valence-corrected chi connectivity index (χ1v) is 10.0. The van der Waals surface area contributed by atoms with E-state index in [4.69, 9.17) is 9.84 Å². The van der Waals surface area contributed by atoms with Crippen molar-refractivity contribution in [1.29, 1.82) is 0 Å². The third kappa shape index (κ3) is 9.52. The molecule has 0 bridgehead atoms. The Balaban J connectivity index is 2.83. The fourth-order valence-electron chi connectivity index (χ4n) is 2.75. The van der Waals surface area contributed by atoms with Crippen LogP contribution >= 0.6 is 0 Å². The van der Waals surface area contributed by atoms with E-state index in [2.05, 4.69) is 23.8 Å². The summed E-state index contributed by atoms with van der Waals surface area (Å²) in [5.74, 6) is -1.66. The van der Waals surface area contributed by atoms with Crippen molar-refractivity contribution in [2.24, 2.45) is 5.92 Å². The van der Waals surface area contributed by atoms with Gasteiger partial charge in [0.15, 0.2) is 0 Å². The van der Waals surface area contributed by atoms with Gasteiger partial charge in [0.05, 0.1) is 18.6 Å². The van der Waals surface area contributed by atoms with Crippen LogP contribution in [-0.2, 0) is 19.1 Å². The Kier molecular flexibility index (Phi) is 11.8. The van der Waals surface area contributed by atoms with Crippen LogP contribution in [0.3, 0.4) is 0 Å². The molecule has 0 radical (unpaired) electrons. The van der Waals surface area contributed by atoms with Crippen molar-refractivity contribution in [3.63, 3.8) is 0 Å². The zero-order valence-electron chi connectivity index (χ0n) is 17.5. The summed E-state index contributed by atoms with van der Waals surface area (Å²) < 4.78 is 5.32. The van der Waals surface area contributed by atoms with Gasteiger partial charge in [0, 0.05) is 18.9 Å². The highest BCUT2D eigenvalue weighted by Gasteiger charge is 2.25. The topological polar surface area (TPSA) is 105 Å². The molecule has 0 unspecified atom stereocenters. The summed E-state index contributed by atoms with van der Waals surface area (Å²) >= 11 is 0. The van der Waals surface area contributed by atoms with E-state index >= 15 is 0 Å². The molecule has 0 heterocycles. The van der Waals surface area contributed by atoms with Crippen LogP contribution in [0.5, 0.6) is 0 Å². The van der Waals surface area contributed by atoms with Gasteiger partial charge in [-0.2, -0.15) is 0 Å². The Hall–Kier alpha value is -2.93. The first kappa shape index (κ1) is 25.1. The predicted molar refractivity (Wildman–Crippen MR) is 115 cm³/mol. The zero-order chi connectivity index (χ0) is 22.4. The number of carbonyl (C=O) groups is 3. The molecule has 7 heteroatoms. The van der Waals surface area contributed by atoms with Crippen LogP contribution in [0.15, 0.2) is 55.6 Å². The molecule has 164 valence electrons. The van der Waals surface area contributed by atoms with E-state index < -0.39 is 18.0 Å². The van der Waals surface area contributed by atoms with Gasteiger partial charge >= 0.3 is 5.97 Å². The largest absolute Gasteiger partial charge is 0.463 e. The van der Waals surface area contributed by atoms with E-state index in [0.29, 0.717) is 12.8 Å². The van der Waals surface area contributed by atoms with E-state index in [-0.39, 0.29) is 43.8 Å². The number of amides is 2. The molecule has 2 amide bonds. The minimum absolute atomic E-state index is 0.0136. The standard InChI is InChI=1S/C23H32N2O5/c1-4-6-13-22(28)30-16-20(18-11-8-7-9-12-18)25-23(29)19(10-5-2)14-21(27)24-17(3)15-26/h4-5,7-9,11-12,17,19-20,26H,1-2,6,10,13-16H2,3H3,(H,24,27)(H,25,29)/t17-,19-,20-/m1/s1. The Morgan fingerprint density at radius 1 is 1.13 bits per heavy atom. The van der Waals surface area contributed by atoms with Crippen LogP contribution in [0.25, 0.3) is 0 Å².